The van der Waals surface area contributed by atoms with Crippen molar-refractivity contribution in [2.75, 3.05) is 11.9 Å². The van der Waals surface area contributed by atoms with Crippen molar-refractivity contribution in [2.45, 2.75) is 44.8 Å². The number of rotatable bonds is 3. The number of carbonyl (C=O) groups excluding carboxylic acids is 1. The van der Waals surface area contributed by atoms with Gasteiger partial charge >= 0.3 is 6.03 Å². The number of hydrogen-bond donors (Lipinski definition) is 2. The largest absolute Gasteiger partial charge is 0.378 e. The van der Waals surface area contributed by atoms with Crippen LogP contribution in [0.3, 0.4) is 0 Å². The molecular formula is C19H23N3O2. The van der Waals surface area contributed by atoms with Crippen molar-refractivity contribution < 1.29 is 9.53 Å². The Bertz CT molecular complexity index is 757. The number of nitrogens with zero attached hydrogens (tertiary/aromatic N) is 1. The Labute approximate surface area is 141 Å². The van der Waals surface area contributed by atoms with Gasteiger partial charge in [-0.1, -0.05) is 6.07 Å². The van der Waals surface area contributed by atoms with Crippen LogP contribution in [0.15, 0.2) is 30.5 Å². The second-order valence-corrected chi connectivity index (χ2v) is 6.95. The number of carbonyl (C=O) groups is 1. The van der Waals surface area contributed by atoms with E-state index in [0.29, 0.717) is 12.0 Å². The van der Waals surface area contributed by atoms with Gasteiger partial charge in [0.25, 0.3) is 0 Å². The molecule has 24 heavy (non-hydrogen) atoms. The third-order valence-corrected chi connectivity index (χ3v) is 4.90. The van der Waals surface area contributed by atoms with Gasteiger partial charge in [0, 0.05) is 24.2 Å². The number of urea groups is 1. The molecule has 2 N–H and O–H groups in total. The molecule has 1 aromatic carbocycles. The molecule has 1 aliphatic carbocycles. The Hall–Kier alpha value is -2.14. The lowest BCUT2D eigenvalue weighted by Gasteiger charge is -2.30. The minimum atomic E-state index is -0.158. The van der Waals surface area contributed by atoms with E-state index in [1.807, 2.05) is 25.1 Å². The molecule has 1 saturated carbocycles. The average molecular weight is 325 g/mol. The molecule has 1 aliphatic heterocycles. The molecule has 0 spiro atoms. The summed E-state index contributed by atoms with van der Waals surface area (Å²) in [6.07, 6.45) is 6.41. The van der Waals surface area contributed by atoms with Gasteiger partial charge < -0.3 is 15.4 Å². The zero-order valence-corrected chi connectivity index (χ0v) is 13.9. The fraction of sp³-hybridized carbons (Fsp3) is 0.474. The lowest BCUT2D eigenvalue weighted by atomic mass is 10.0. The number of anilines is 1. The minimum Gasteiger partial charge on any atom is -0.378 e. The molecule has 2 aliphatic rings. The highest BCUT2D eigenvalue weighted by Crippen LogP contribution is 2.38. The summed E-state index contributed by atoms with van der Waals surface area (Å²) in [6, 6.07) is 7.99. The third kappa shape index (κ3) is 3.36. The number of benzene rings is 1. The van der Waals surface area contributed by atoms with E-state index >= 15 is 0 Å². The fourth-order valence-electron chi connectivity index (χ4n) is 3.54. The van der Waals surface area contributed by atoms with E-state index in [0.717, 1.165) is 41.6 Å². The van der Waals surface area contributed by atoms with Crippen LogP contribution < -0.4 is 10.6 Å². The summed E-state index contributed by atoms with van der Waals surface area (Å²) in [7, 11) is 0. The van der Waals surface area contributed by atoms with E-state index in [4.69, 9.17) is 4.74 Å². The van der Waals surface area contributed by atoms with Crippen molar-refractivity contribution in [3.63, 3.8) is 0 Å². The summed E-state index contributed by atoms with van der Waals surface area (Å²) in [4.78, 5) is 16.8. The van der Waals surface area contributed by atoms with Crippen molar-refractivity contribution in [2.24, 2.45) is 5.92 Å². The molecule has 2 aromatic rings. The van der Waals surface area contributed by atoms with Crippen molar-refractivity contribution in [3.05, 3.63) is 36.0 Å². The first-order valence-electron chi connectivity index (χ1n) is 8.73. The van der Waals surface area contributed by atoms with Gasteiger partial charge in [-0.3, -0.25) is 4.98 Å². The Morgan fingerprint density at radius 2 is 2.17 bits per heavy atom. The molecule has 0 bridgehead atoms. The van der Waals surface area contributed by atoms with E-state index in [-0.39, 0.29) is 12.1 Å². The van der Waals surface area contributed by atoms with Crippen LogP contribution in [0.2, 0.25) is 0 Å². The lowest BCUT2D eigenvalue weighted by Crippen LogP contribution is -2.44. The summed E-state index contributed by atoms with van der Waals surface area (Å²) in [6.45, 7) is 2.76. The first kappa shape index (κ1) is 15.4. The molecule has 2 fully saturated rings. The second kappa shape index (κ2) is 6.40. The number of fused-ring (bicyclic) bond motifs is 1. The molecule has 5 nitrogen and oxygen atoms in total. The molecule has 1 aromatic heterocycles. The number of aryl methyl sites for hydroxylation is 1. The fourth-order valence-corrected chi connectivity index (χ4v) is 3.54. The van der Waals surface area contributed by atoms with Crippen LogP contribution in [0.25, 0.3) is 10.9 Å². The van der Waals surface area contributed by atoms with Crippen LogP contribution in [-0.4, -0.2) is 29.8 Å². The van der Waals surface area contributed by atoms with Crippen LogP contribution in [0.1, 0.15) is 31.2 Å². The van der Waals surface area contributed by atoms with Gasteiger partial charge in [0.2, 0.25) is 0 Å². The summed E-state index contributed by atoms with van der Waals surface area (Å²) < 4.78 is 5.82. The topological polar surface area (TPSA) is 63.2 Å². The van der Waals surface area contributed by atoms with Gasteiger partial charge in [0.1, 0.15) is 0 Å². The van der Waals surface area contributed by atoms with Crippen LogP contribution in [0.5, 0.6) is 0 Å². The van der Waals surface area contributed by atoms with Crippen LogP contribution in [0, 0.1) is 12.8 Å². The number of hydrogen-bond acceptors (Lipinski definition) is 3. The zero-order valence-electron chi connectivity index (χ0n) is 13.9. The predicted octanol–water partition coefficient (Wildman–Crippen LogP) is 3.62. The van der Waals surface area contributed by atoms with Gasteiger partial charge in [-0.2, -0.15) is 0 Å². The molecule has 0 unspecified atom stereocenters. The number of amides is 2. The Balaban J connectivity index is 1.44. The van der Waals surface area contributed by atoms with Gasteiger partial charge in [-0.05, 0) is 62.3 Å². The Morgan fingerprint density at radius 1 is 1.29 bits per heavy atom. The maximum atomic E-state index is 12.4. The number of pyridine rings is 1. The van der Waals surface area contributed by atoms with Gasteiger partial charge in [0.05, 0.1) is 17.3 Å². The molecule has 1 saturated heterocycles. The molecule has 0 radical (unpaired) electrons. The van der Waals surface area contributed by atoms with Gasteiger partial charge in [0.15, 0.2) is 0 Å². The molecule has 126 valence electrons. The molecule has 5 heteroatoms. The molecular weight excluding hydrogens is 302 g/mol. The highest BCUT2D eigenvalue weighted by Gasteiger charge is 2.36. The van der Waals surface area contributed by atoms with E-state index in [1.54, 1.807) is 6.20 Å². The van der Waals surface area contributed by atoms with Crippen molar-refractivity contribution in [1.82, 2.24) is 10.3 Å². The summed E-state index contributed by atoms with van der Waals surface area (Å²) in [5.41, 5.74) is 2.68. The molecule has 2 amide bonds. The van der Waals surface area contributed by atoms with E-state index in [1.165, 1.54) is 12.8 Å². The van der Waals surface area contributed by atoms with E-state index < -0.39 is 0 Å². The van der Waals surface area contributed by atoms with Crippen LogP contribution >= 0.6 is 0 Å². The smallest absolute Gasteiger partial charge is 0.319 e. The Morgan fingerprint density at radius 3 is 3.00 bits per heavy atom. The Kier molecular flexibility index (Phi) is 4.10. The van der Waals surface area contributed by atoms with Crippen LogP contribution in [0.4, 0.5) is 10.5 Å². The maximum absolute atomic E-state index is 12.4. The van der Waals surface area contributed by atoms with Gasteiger partial charge in [-0.25, -0.2) is 4.79 Å². The predicted molar refractivity (Wildman–Crippen MR) is 94.1 cm³/mol. The zero-order chi connectivity index (χ0) is 16.5. The molecule has 4 rings (SSSR count). The molecule has 2 heterocycles. The van der Waals surface area contributed by atoms with E-state index in [9.17, 15) is 4.79 Å². The SMILES string of the molecule is Cc1cc(NC(=O)N[C@@H]2CCO[C@H](C3CC3)C2)c2ncccc2c1. The summed E-state index contributed by atoms with van der Waals surface area (Å²) in [5, 5.41) is 7.12. The standard InChI is InChI=1S/C19H23N3O2/c1-12-9-14-3-2-7-20-18(14)16(10-12)22-19(23)21-15-6-8-24-17(11-15)13-4-5-13/h2-3,7,9-10,13,15,17H,4-6,8,11H2,1H3,(H2,21,22,23)/t15-,17+/m1/s1. The van der Waals surface area contributed by atoms with Gasteiger partial charge in [-0.15, -0.1) is 0 Å². The quantitative estimate of drug-likeness (QED) is 0.906. The number of nitrogens with one attached hydrogen (secondary N) is 2. The first-order valence-corrected chi connectivity index (χ1v) is 8.73. The number of aromatic nitrogens is 1. The monoisotopic (exact) mass is 325 g/mol. The summed E-state index contributed by atoms with van der Waals surface area (Å²) in [5.74, 6) is 0.711. The first-order chi connectivity index (χ1) is 11.7. The van der Waals surface area contributed by atoms with Crippen molar-refractivity contribution in [3.8, 4) is 0 Å². The third-order valence-electron chi connectivity index (χ3n) is 4.90. The van der Waals surface area contributed by atoms with Crippen molar-refractivity contribution in [1.29, 1.82) is 0 Å². The average Bonchev–Trinajstić information content (AvgIpc) is 3.40. The summed E-state index contributed by atoms with van der Waals surface area (Å²) >= 11 is 0. The second-order valence-electron chi connectivity index (χ2n) is 6.95. The molecule has 2 atom stereocenters. The normalized spacial score (nSPS) is 23.9. The highest BCUT2D eigenvalue weighted by atomic mass is 16.5. The lowest BCUT2D eigenvalue weighted by molar-refractivity contribution is -0.00889. The van der Waals surface area contributed by atoms with Crippen LogP contribution in [-0.2, 0) is 4.74 Å². The van der Waals surface area contributed by atoms with E-state index in [2.05, 4.69) is 21.7 Å². The highest BCUT2D eigenvalue weighted by molar-refractivity contribution is 6.00. The minimum absolute atomic E-state index is 0.158. The number of ether oxygens (including phenoxy) is 1. The van der Waals surface area contributed by atoms with Crippen molar-refractivity contribution >= 4 is 22.6 Å². The maximum Gasteiger partial charge on any atom is 0.319 e.